The van der Waals surface area contributed by atoms with E-state index in [0.29, 0.717) is 12.0 Å². The zero-order valence-corrected chi connectivity index (χ0v) is 5.00. The molecule has 0 saturated heterocycles. The van der Waals surface area contributed by atoms with Crippen molar-refractivity contribution in [1.29, 1.82) is 0 Å². The van der Waals surface area contributed by atoms with Crippen LogP contribution in [-0.4, -0.2) is 17.0 Å². The van der Waals surface area contributed by atoms with Crippen molar-refractivity contribution in [2.45, 2.75) is 12.5 Å². The summed E-state index contributed by atoms with van der Waals surface area (Å²) in [6, 6.07) is 0. The maximum atomic E-state index is 10.7. The summed E-state index contributed by atoms with van der Waals surface area (Å²) >= 11 is 0. The van der Waals surface area contributed by atoms with Gasteiger partial charge in [0.2, 0.25) is 0 Å². The molecule has 0 aromatic rings. The first-order chi connectivity index (χ1) is 4.22. The monoisotopic (exact) mass is 124 g/mol. The lowest BCUT2D eigenvalue weighted by molar-refractivity contribution is -0.112. The summed E-state index contributed by atoms with van der Waals surface area (Å²) in [5, 5.41) is 8.98. The third kappa shape index (κ3) is 1.08. The number of aliphatic hydroxyl groups is 1. The maximum absolute atomic E-state index is 10.7. The van der Waals surface area contributed by atoms with E-state index in [1.165, 1.54) is 6.08 Å². The summed E-state index contributed by atoms with van der Waals surface area (Å²) in [6.45, 7) is 3.43. The highest BCUT2D eigenvalue weighted by molar-refractivity contribution is 6.05. The minimum Gasteiger partial charge on any atom is -0.388 e. The first-order valence-electron chi connectivity index (χ1n) is 2.79. The fourth-order valence-corrected chi connectivity index (χ4v) is 0.717. The Morgan fingerprint density at radius 3 is 2.89 bits per heavy atom. The Balaban J connectivity index is 2.81. The molecule has 1 aliphatic carbocycles. The van der Waals surface area contributed by atoms with Gasteiger partial charge in [0.1, 0.15) is 0 Å². The Bertz CT molecular complexity index is 179. The molecule has 0 bridgehead atoms. The van der Waals surface area contributed by atoms with Gasteiger partial charge in [0.05, 0.1) is 6.10 Å². The molecule has 0 aliphatic heterocycles. The van der Waals surface area contributed by atoms with Gasteiger partial charge in [-0.2, -0.15) is 0 Å². The molecule has 48 valence electrons. The molecular formula is C7H8O2. The largest absolute Gasteiger partial charge is 0.388 e. The molecule has 2 heteroatoms. The minimum atomic E-state index is -0.650. The number of hydrogen-bond acceptors (Lipinski definition) is 2. The molecule has 1 N–H and O–H groups in total. The van der Waals surface area contributed by atoms with Gasteiger partial charge in [0, 0.05) is 5.57 Å². The standard InChI is InChI=1S/C7H8O2/c1-5-6(8)3-2-4-7(5)9/h2-3,7,9H,1,4H2. The summed E-state index contributed by atoms with van der Waals surface area (Å²) in [7, 11) is 0. The summed E-state index contributed by atoms with van der Waals surface area (Å²) in [6.07, 6.45) is 2.96. The molecule has 0 heterocycles. The van der Waals surface area contributed by atoms with Crippen molar-refractivity contribution < 1.29 is 9.90 Å². The molecule has 1 aliphatic rings. The Hall–Kier alpha value is -0.890. The molecule has 1 rings (SSSR count). The maximum Gasteiger partial charge on any atom is 0.183 e. The minimum absolute atomic E-state index is 0.159. The van der Waals surface area contributed by atoms with E-state index in [0.717, 1.165) is 0 Å². The molecule has 0 aromatic carbocycles. The number of ketones is 1. The normalized spacial score (nSPS) is 27.0. The van der Waals surface area contributed by atoms with Crippen molar-refractivity contribution in [3.63, 3.8) is 0 Å². The van der Waals surface area contributed by atoms with Gasteiger partial charge in [-0.1, -0.05) is 12.7 Å². The van der Waals surface area contributed by atoms with Crippen LogP contribution in [0.2, 0.25) is 0 Å². The van der Waals surface area contributed by atoms with Crippen molar-refractivity contribution in [3.8, 4) is 0 Å². The number of allylic oxidation sites excluding steroid dienone is 1. The average molecular weight is 124 g/mol. The summed E-state index contributed by atoms with van der Waals surface area (Å²) in [4.78, 5) is 10.7. The van der Waals surface area contributed by atoms with E-state index in [4.69, 9.17) is 5.11 Å². The molecule has 0 aromatic heterocycles. The lowest BCUT2D eigenvalue weighted by atomic mass is 9.99. The van der Waals surface area contributed by atoms with Crippen LogP contribution in [-0.2, 0) is 4.79 Å². The molecule has 2 nitrogen and oxygen atoms in total. The van der Waals surface area contributed by atoms with Crippen molar-refractivity contribution in [2.75, 3.05) is 0 Å². The van der Waals surface area contributed by atoms with Gasteiger partial charge in [0.15, 0.2) is 5.78 Å². The highest BCUT2D eigenvalue weighted by Crippen LogP contribution is 2.11. The summed E-state index contributed by atoms with van der Waals surface area (Å²) in [5.41, 5.74) is 0.303. The molecule has 0 spiro atoms. The molecule has 1 unspecified atom stereocenters. The van der Waals surface area contributed by atoms with E-state index in [9.17, 15) is 4.79 Å². The Labute approximate surface area is 53.5 Å². The van der Waals surface area contributed by atoms with E-state index in [-0.39, 0.29) is 5.78 Å². The van der Waals surface area contributed by atoms with Crippen LogP contribution in [0.1, 0.15) is 6.42 Å². The lowest BCUT2D eigenvalue weighted by Crippen LogP contribution is -2.18. The van der Waals surface area contributed by atoms with E-state index >= 15 is 0 Å². The van der Waals surface area contributed by atoms with Crippen LogP contribution in [0.25, 0.3) is 0 Å². The lowest BCUT2D eigenvalue weighted by Gasteiger charge is -2.11. The van der Waals surface area contributed by atoms with Gasteiger partial charge in [0.25, 0.3) is 0 Å². The van der Waals surface area contributed by atoms with Gasteiger partial charge >= 0.3 is 0 Å². The van der Waals surface area contributed by atoms with Gasteiger partial charge in [-0.15, -0.1) is 0 Å². The third-order valence-electron chi connectivity index (χ3n) is 1.35. The van der Waals surface area contributed by atoms with Crippen LogP contribution in [0, 0.1) is 0 Å². The van der Waals surface area contributed by atoms with Crippen LogP contribution in [0.5, 0.6) is 0 Å². The second kappa shape index (κ2) is 2.15. The van der Waals surface area contributed by atoms with Gasteiger partial charge in [-0.05, 0) is 12.5 Å². The molecular weight excluding hydrogens is 116 g/mol. The van der Waals surface area contributed by atoms with Crippen molar-refractivity contribution in [3.05, 3.63) is 24.3 Å². The number of carbonyl (C=O) groups is 1. The predicted molar refractivity (Wildman–Crippen MR) is 33.9 cm³/mol. The van der Waals surface area contributed by atoms with Gasteiger partial charge < -0.3 is 5.11 Å². The highest BCUT2D eigenvalue weighted by atomic mass is 16.3. The number of carbonyl (C=O) groups excluding carboxylic acids is 1. The van der Waals surface area contributed by atoms with Crippen LogP contribution >= 0.6 is 0 Å². The SMILES string of the molecule is C=C1C(=O)C=CCC1O. The van der Waals surface area contributed by atoms with Crippen molar-refractivity contribution >= 4 is 5.78 Å². The van der Waals surface area contributed by atoms with E-state index in [2.05, 4.69) is 6.58 Å². The fraction of sp³-hybridized carbons (Fsp3) is 0.286. The van der Waals surface area contributed by atoms with Crippen LogP contribution in [0.4, 0.5) is 0 Å². The average Bonchev–Trinajstić information content (AvgIpc) is 1.83. The molecule has 9 heavy (non-hydrogen) atoms. The third-order valence-corrected chi connectivity index (χ3v) is 1.35. The predicted octanol–water partition coefficient (Wildman–Crippen LogP) is 0.432. The zero-order valence-electron chi connectivity index (χ0n) is 5.00. The van der Waals surface area contributed by atoms with Crippen molar-refractivity contribution in [1.82, 2.24) is 0 Å². The zero-order chi connectivity index (χ0) is 6.85. The Morgan fingerprint density at radius 1 is 1.78 bits per heavy atom. The molecule has 0 fully saturated rings. The number of aliphatic hydroxyl groups excluding tert-OH is 1. The summed E-state index contributed by atoms with van der Waals surface area (Å²) < 4.78 is 0. The smallest absolute Gasteiger partial charge is 0.183 e. The fourth-order valence-electron chi connectivity index (χ4n) is 0.717. The van der Waals surface area contributed by atoms with Crippen LogP contribution < -0.4 is 0 Å². The van der Waals surface area contributed by atoms with E-state index in [1.807, 2.05) is 0 Å². The Morgan fingerprint density at radius 2 is 2.44 bits per heavy atom. The second-order valence-electron chi connectivity index (χ2n) is 2.04. The van der Waals surface area contributed by atoms with Gasteiger partial charge in [-0.25, -0.2) is 0 Å². The molecule has 0 saturated carbocycles. The first kappa shape index (κ1) is 6.23. The van der Waals surface area contributed by atoms with Gasteiger partial charge in [-0.3, -0.25) is 4.79 Å². The Kier molecular flexibility index (Phi) is 1.49. The molecule has 1 atom stereocenters. The second-order valence-corrected chi connectivity index (χ2v) is 2.04. The topological polar surface area (TPSA) is 37.3 Å². The van der Waals surface area contributed by atoms with Crippen LogP contribution in [0.15, 0.2) is 24.3 Å². The van der Waals surface area contributed by atoms with Crippen LogP contribution in [0.3, 0.4) is 0 Å². The number of hydrogen-bond donors (Lipinski definition) is 1. The van der Waals surface area contributed by atoms with E-state index in [1.54, 1.807) is 6.08 Å². The van der Waals surface area contributed by atoms with E-state index < -0.39 is 6.10 Å². The van der Waals surface area contributed by atoms with Crippen molar-refractivity contribution in [2.24, 2.45) is 0 Å². The first-order valence-corrected chi connectivity index (χ1v) is 2.79. The highest BCUT2D eigenvalue weighted by Gasteiger charge is 2.16. The molecule has 0 radical (unpaired) electrons. The summed E-state index contributed by atoms with van der Waals surface area (Å²) in [5.74, 6) is -0.159. The quantitative estimate of drug-likeness (QED) is 0.475. The molecule has 0 amide bonds. The number of rotatable bonds is 0.